The average molecular weight is 195 g/mol. The van der Waals surface area contributed by atoms with Gasteiger partial charge in [-0.1, -0.05) is 17.7 Å². The molecule has 0 aliphatic rings. The maximum atomic E-state index is 9.59. The van der Waals surface area contributed by atoms with Crippen LogP contribution in [0.1, 0.15) is 12.5 Å². The largest absolute Gasteiger partial charge is 0.491 e. The molecule has 3 nitrogen and oxygen atoms in total. The highest BCUT2D eigenvalue weighted by Crippen LogP contribution is 2.13. The number of aryl methyl sites for hydroxylation is 1. The number of rotatable bonds is 4. The Kier molecular flexibility index (Phi) is 3.49. The van der Waals surface area contributed by atoms with Gasteiger partial charge in [0.05, 0.1) is 0 Å². The molecule has 0 saturated heterocycles. The van der Waals surface area contributed by atoms with Crippen molar-refractivity contribution >= 4 is 0 Å². The summed E-state index contributed by atoms with van der Waals surface area (Å²) in [5, 5.41) is 9.59. The number of benzene rings is 1. The predicted octanol–water partition coefficient (Wildman–Crippen LogP) is 1.08. The van der Waals surface area contributed by atoms with E-state index >= 15 is 0 Å². The molecular formula is C11H17NO2. The summed E-state index contributed by atoms with van der Waals surface area (Å²) in [6, 6.07) is 7.68. The van der Waals surface area contributed by atoms with Crippen molar-refractivity contribution in [2.75, 3.05) is 13.2 Å². The summed E-state index contributed by atoms with van der Waals surface area (Å²) in [5.41, 5.74) is 5.59. The fourth-order valence-corrected chi connectivity index (χ4v) is 0.932. The lowest BCUT2D eigenvalue weighted by Crippen LogP contribution is -2.40. The van der Waals surface area contributed by atoms with Crippen LogP contribution in [-0.4, -0.2) is 23.9 Å². The molecule has 0 spiro atoms. The van der Waals surface area contributed by atoms with Crippen LogP contribution in [0.25, 0.3) is 0 Å². The maximum Gasteiger partial charge on any atom is 0.119 e. The van der Waals surface area contributed by atoms with Gasteiger partial charge >= 0.3 is 0 Å². The molecule has 0 heterocycles. The van der Waals surface area contributed by atoms with Gasteiger partial charge in [0, 0.05) is 6.54 Å². The standard InChI is InChI=1S/C11H17NO2/c1-9-3-5-10(6-4-9)14-8-11(2,13)7-12/h3-6,13H,7-8,12H2,1-2H3. The fourth-order valence-electron chi connectivity index (χ4n) is 0.932. The van der Waals surface area contributed by atoms with Crippen molar-refractivity contribution in [1.82, 2.24) is 0 Å². The molecule has 0 aromatic heterocycles. The Labute approximate surface area is 84.5 Å². The van der Waals surface area contributed by atoms with Crippen molar-refractivity contribution in [3.63, 3.8) is 0 Å². The highest BCUT2D eigenvalue weighted by Gasteiger charge is 2.18. The van der Waals surface area contributed by atoms with Gasteiger partial charge in [-0.2, -0.15) is 0 Å². The van der Waals surface area contributed by atoms with Crippen LogP contribution in [0.15, 0.2) is 24.3 Å². The number of ether oxygens (including phenoxy) is 1. The summed E-state index contributed by atoms with van der Waals surface area (Å²) in [7, 11) is 0. The lowest BCUT2D eigenvalue weighted by molar-refractivity contribution is 0.0196. The second kappa shape index (κ2) is 4.44. The van der Waals surface area contributed by atoms with Gasteiger partial charge in [-0.3, -0.25) is 0 Å². The molecule has 0 radical (unpaired) electrons. The van der Waals surface area contributed by atoms with Crippen LogP contribution < -0.4 is 10.5 Å². The molecule has 1 unspecified atom stereocenters. The maximum absolute atomic E-state index is 9.59. The van der Waals surface area contributed by atoms with Crippen LogP contribution >= 0.6 is 0 Å². The molecule has 0 fully saturated rings. The quantitative estimate of drug-likeness (QED) is 0.756. The third-order valence-electron chi connectivity index (χ3n) is 2.01. The van der Waals surface area contributed by atoms with E-state index in [9.17, 15) is 5.11 Å². The Hall–Kier alpha value is -1.06. The van der Waals surface area contributed by atoms with Crippen molar-refractivity contribution < 1.29 is 9.84 Å². The summed E-state index contributed by atoms with van der Waals surface area (Å²) in [5.74, 6) is 0.754. The van der Waals surface area contributed by atoms with Gasteiger partial charge in [0.2, 0.25) is 0 Å². The van der Waals surface area contributed by atoms with E-state index in [1.54, 1.807) is 6.92 Å². The molecule has 1 aromatic rings. The van der Waals surface area contributed by atoms with Crippen LogP contribution in [0, 0.1) is 6.92 Å². The SMILES string of the molecule is Cc1ccc(OCC(C)(O)CN)cc1. The number of aliphatic hydroxyl groups is 1. The van der Waals surface area contributed by atoms with E-state index in [4.69, 9.17) is 10.5 Å². The fraction of sp³-hybridized carbons (Fsp3) is 0.455. The molecule has 0 bridgehead atoms. The van der Waals surface area contributed by atoms with Gasteiger partial charge in [-0.05, 0) is 26.0 Å². The van der Waals surface area contributed by atoms with Crippen molar-refractivity contribution in [3.05, 3.63) is 29.8 Å². The molecule has 3 N–H and O–H groups in total. The van der Waals surface area contributed by atoms with Crippen molar-refractivity contribution in [2.45, 2.75) is 19.4 Å². The molecule has 0 amide bonds. The summed E-state index contributed by atoms with van der Waals surface area (Å²) < 4.78 is 5.39. The first kappa shape index (κ1) is 11.0. The Balaban J connectivity index is 2.50. The smallest absolute Gasteiger partial charge is 0.119 e. The minimum atomic E-state index is -0.953. The minimum Gasteiger partial charge on any atom is -0.491 e. The van der Waals surface area contributed by atoms with Crippen LogP contribution in [0.4, 0.5) is 0 Å². The van der Waals surface area contributed by atoms with Crippen LogP contribution in [0.3, 0.4) is 0 Å². The lowest BCUT2D eigenvalue weighted by Gasteiger charge is -2.21. The number of hydrogen-bond acceptors (Lipinski definition) is 3. The predicted molar refractivity (Wildman–Crippen MR) is 56.4 cm³/mol. The molecule has 78 valence electrons. The first-order valence-corrected chi connectivity index (χ1v) is 4.65. The van der Waals surface area contributed by atoms with E-state index in [-0.39, 0.29) is 13.2 Å². The van der Waals surface area contributed by atoms with Crippen molar-refractivity contribution in [1.29, 1.82) is 0 Å². The molecule has 1 atom stereocenters. The van der Waals surface area contributed by atoms with Gasteiger partial charge < -0.3 is 15.6 Å². The molecular weight excluding hydrogens is 178 g/mol. The first-order valence-electron chi connectivity index (χ1n) is 4.65. The Morgan fingerprint density at radius 1 is 1.36 bits per heavy atom. The van der Waals surface area contributed by atoms with E-state index in [0.29, 0.717) is 0 Å². The normalized spacial score (nSPS) is 14.9. The van der Waals surface area contributed by atoms with Gasteiger partial charge in [0.1, 0.15) is 18.0 Å². The van der Waals surface area contributed by atoms with Crippen LogP contribution in [0.2, 0.25) is 0 Å². The van der Waals surface area contributed by atoms with Gasteiger partial charge in [-0.25, -0.2) is 0 Å². The molecule has 0 aliphatic heterocycles. The number of hydrogen-bond donors (Lipinski definition) is 2. The average Bonchev–Trinajstić information content (AvgIpc) is 2.17. The van der Waals surface area contributed by atoms with Gasteiger partial charge in [0.15, 0.2) is 0 Å². The Morgan fingerprint density at radius 2 is 1.93 bits per heavy atom. The first-order chi connectivity index (χ1) is 6.53. The summed E-state index contributed by atoms with van der Waals surface area (Å²) in [6.07, 6.45) is 0. The van der Waals surface area contributed by atoms with Crippen molar-refractivity contribution in [3.8, 4) is 5.75 Å². The molecule has 14 heavy (non-hydrogen) atoms. The van der Waals surface area contributed by atoms with E-state index in [2.05, 4.69) is 0 Å². The van der Waals surface area contributed by atoms with Gasteiger partial charge in [-0.15, -0.1) is 0 Å². The van der Waals surface area contributed by atoms with E-state index in [1.807, 2.05) is 31.2 Å². The zero-order valence-electron chi connectivity index (χ0n) is 8.66. The molecule has 0 saturated carbocycles. The minimum absolute atomic E-state index is 0.193. The van der Waals surface area contributed by atoms with Gasteiger partial charge in [0.25, 0.3) is 0 Å². The summed E-state index contributed by atoms with van der Waals surface area (Å²) in [4.78, 5) is 0. The second-order valence-electron chi connectivity index (χ2n) is 3.80. The van der Waals surface area contributed by atoms with E-state index in [0.717, 1.165) is 5.75 Å². The monoisotopic (exact) mass is 195 g/mol. The molecule has 0 aliphatic carbocycles. The van der Waals surface area contributed by atoms with E-state index in [1.165, 1.54) is 5.56 Å². The number of nitrogens with two attached hydrogens (primary N) is 1. The van der Waals surface area contributed by atoms with Crippen LogP contribution in [-0.2, 0) is 0 Å². The zero-order chi connectivity index (χ0) is 10.6. The van der Waals surface area contributed by atoms with Crippen molar-refractivity contribution in [2.24, 2.45) is 5.73 Å². The molecule has 3 heteroatoms. The third kappa shape index (κ3) is 3.36. The van der Waals surface area contributed by atoms with E-state index < -0.39 is 5.60 Å². The lowest BCUT2D eigenvalue weighted by atomic mass is 10.1. The highest BCUT2D eigenvalue weighted by atomic mass is 16.5. The Morgan fingerprint density at radius 3 is 2.43 bits per heavy atom. The molecule has 1 rings (SSSR count). The molecule has 1 aromatic carbocycles. The second-order valence-corrected chi connectivity index (χ2v) is 3.80. The van der Waals surface area contributed by atoms with Crippen LogP contribution in [0.5, 0.6) is 5.75 Å². The zero-order valence-corrected chi connectivity index (χ0v) is 8.66. The summed E-state index contributed by atoms with van der Waals surface area (Å²) in [6.45, 7) is 4.08. The third-order valence-corrected chi connectivity index (χ3v) is 2.01. The topological polar surface area (TPSA) is 55.5 Å². The highest BCUT2D eigenvalue weighted by molar-refractivity contribution is 5.26. The Bertz CT molecular complexity index is 280. The summed E-state index contributed by atoms with van der Waals surface area (Å²) >= 11 is 0.